The Balaban J connectivity index is 1.49. The van der Waals surface area contributed by atoms with Gasteiger partial charge in [-0.1, -0.05) is 23.4 Å². The molecule has 0 amide bonds. The first-order valence-electron chi connectivity index (χ1n) is 7.23. The minimum Gasteiger partial charge on any atom is -0.450 e. The summed E-state index contributed by atoms with van der Waals surface area (Å²) in [7, 11) is 0. The Bertz CT molecular complexity index is 1000. The largest absolute Gasteiger partial charge is 0.450 e. The van der Waals surface area contributed by atoms with E-state index in [2.05, 4.69) is 10.1 Å². The maximum absolute atomic E-state index is 12.2. The molecule has 120 valence electrons. The predicted molar refractivity (Wildman–Crippen MR) is 87.7 cm³/mol. The normalized spacial score (nSPS) is 11.0. The fourth-order valence-corrected chi connectivity index (χ4v) is 3.02. The number of thiophene rings is 1. The lowest BCUT2D eigenvalue weighted by Crippen LogP contribution is -2.05. The third-order valence-corrected chi connectivity index (χ3v) is 4.29. The maximum atomic E-state index is 12.2. The first-order chi connectivity index (χ1) is 11.7. The number of esters is 1. The molecular weight excluding hydrogens is 328 g/mol. The molecule has 0 aliphatic carbocycles. The molecule has 0 N–H and O–H groups in total. The summed E-state index contributed by atoms with van der Waals surface area (Å²) in [5.74, 6) is 0.341. The van der Waals surface area contributed by atoms with Crippen molar-refractivity contribution < 1.29 is 18.5 Å². The molecule has 0 aliphatic rings. The van der Waals surface area contributed by atoms with E-state index < -0.39 is 5.97 Å². The molecule has 0 bridgehead atoms. The fraction of sp³-hybridized carbons (Fsp3) is 0.118. The third-order valence-electron chi connectivity index (χ3n) is 3.60. The van der Waals surface area contributed by atoms with Gasteiger partial charge in [0.25, 0.3) is 5.89 Å². The number of nitrogens with zero attached hydrogens (tertiary/aromatic N) is 2. The summed E-state index contributed by atoms with van der Waals surface area (Å²) in [5, 5.41) is 8.60. The average Bonchev–Trinajstić information content (AvgIpc) is 3.33. The second-order valence-electron chi connectivity index (χ2n) is 5.15. The van der Waals surface area contributed by atoms with E-state index in [0.717, 1.165) is 16.5 Å². The van der Waals surface area contributed by atoms with Crippen molar-refractivity contribution in [3.63, 3.8) is 0 Å². The van der Waals surface area contributed by atoms with E-state index in [1.54, 1.807) is 11.3 Å². The molecule has 0 unspecified atom stereocenters. The molecule has 4 rings (SSSR count). The average molecular weight is 340 g/mol. The van der Waals surface area contributed by atoms with Crippen molar-refractivity contribution in [3.05, 3.63) is 58.3 Å². The topological polar surface area (TPSA) is 78.4 Å². The van der Waals surface area contributed by atoms with Gasteiger partial charge in [0.2, 0.25) is 11.6 Å². The molecule has 0 fully saturated rings. The standard InChI is InChI=1S/C17H12N2O4S/c1-10-12-4-2-3-5-13(12)22-15(10)17(20)21-8-14-18-16(19-23-14)11-6-7-24-9-11/h2-7,9H,8H2,1H3. The van der Waals surface area contributed by atoms with Gasteiger partial charge in [0.1, 0.15) is 5.58 Å². The lowest BCUT2D eigenvalue weighted by Gasteiger charge is -1.99. The van der Waals surface area contributed by atoms with Crippen LogP contribution >= 0.6 is 11.3 Å². The Hall–Kier alpha value is -2.93. The molecule has 3 heterocycles. The number of aromatic nitrogens is 2. The Kier molecular flexibility index (Phi) is 3.62. The van der Waals surface area contributed by atoms with Gasteiger partial charge in [-0.15, -0.1) is 0 Å². The van der Waals surface area contributed by atoms with Gasteiger partial charge >= 0.3 is 5.97 Å². The third kappa shape index (κ3) is 2.59. The van der Waals surface area contributed by atoms with E-state index in [4.69, 9.17) is 13.7 Å². The second-order valence-corrected chi connectivity index (χ2v) is 5.93. The van der Waals surface area contributed by atoms with Gasteiger partial charge in [-0.3, -0.25) is 0 Å². The highest BCUT2D eigenvalue weighted by atomic mass is 32.1. The van der Waals surface area contributed by atoms with Crippen LogP contribution in [0.15, 0.2) is 50.0 Å². The van der Waals surface area contributed by atoms with E-state index in [0.29, 0.717) is 11.4 Å². The van der Waals surface area contributed by atoms with Crippen LogP contribution in [0.5, 0.6) is 0 Å². The van der Waals surface area contributed by atoms with Gasteiger partial charge in [0.15, 0.2) is 6.61 Å². The quantitative estimate of drug-likeness (QED) is 0.518. The van der Waals surface area contributed by atoms with Gasteiger partial charge in [0.05, 0.1) is 0 Å². The zero-order valence-corrected chi connectivity index (χ0v) is 13.5. The summed E-state index contributed by atoms with van der Waals surface area (Å²) in [6, 6.07) is 9.35. The zero-order chi connectivity index (χ0) is 16.5. The van der Waals surface area contributed by atoms with Crippen molar-refractivity contribution in [2.45, 2.75) is 13.5 Å². The lowest BCUT2D eigenvalue weighted by atomic mass is 10.1. The van der Waals surface area contributed by atoms with Crippen molar-refractivity contribution >= 4 is 28.3 Å². The number of benzene rings is 1. The Morgan fingerprint density at radius 3 is 2.96 bits per heavy atom. The van der Waals surface area contributed by atoms with Crippen LogP contribution < -0.4 is 0 Å². The fourth-order valence-electron chi connectivity index (χ4n) is 2.38. The molecule has 3 aromatic heterocycles. The van der Waals surface area contributed by atoms with E-state index in [9.17, 15) is 4.79 Å². The predicted octanol–water partition coefficient (Wildman–Crippen LogP) is 4.21. The molecule has 4 aromatic rings. The highest BCUT2D eigenvalue weighted by Gasteiger charge is 2.20. The number of ether oxygens (including phenoxy) is 1. The summed E-state index contributed by atoms with van der Waals surface area (Å²) in [6.45, 7) is 1.72. The van der Waals surface area contributed by atoms with Gasteiger partial charge in [-0.05, 0) is 24.4 Å². The number of rotatable bonds is 4. The second kappa shape index (κ2) is 5.93. The summed E-state index contributed by atoms with van der Waals surface area (Å²) in [6.07, 6.45) is 0. The maximum Gasteiger partial charge on any atom is 0.375 e. The number of hydrogen-bond acceptors (Lipinski definition) is 7. The number of hydrogen-bond donors (Lipinski definition) is 0. The van der Waals surface area contributed by atoms with Crippen LogP contribution in [0.4, 0.5) is 0 Å². The van der Waals surface area contributed by atoms with Gasteiger partial charge in [0, 0.05) is 21.9 Å². The van der Waals surface area contributed by atoms with E-state index in [1.165, 1.54) is 0 Å². The minimum absolute atomic E-state index is 0.105. The minimum atomic E-state index is -0.556. The van der Waals surface area contributed by atoms with Crippen LogP contribution in [0.1, 0.15) is 22.0 Å². The summed E-state index contributed by atoms with van der Waals surface area (Å²) in [4.78, 5) is 16.4. The molecular formula is C17H12N2O4S. The molecule has 0 atom stereocenters. The number of aryl methyl sites for hydroxylation is 1. The van der Waals surface area contributed by atoms with Crippen LogP contribution in [0.3, 0.4) is 0 Å². The smallest absolute Gasteiger partial charge is 0.375 e. The van der Waals surface area contributed by atoms with Crippen molar-refractivity contribution in [2.24, 2.45) is 0 Å². The van der Waals surface area contributed by atoms with Crippen LogP contribution in [0.25, 0.3) is 22.4 Å². The molecule has 1 aromatic carbocycles. The van der Waals surface area contributed by atoms with E-state index in [-0.39, 0.29) is 18.3 Å². The summed E-state index contributed by atoms with van der Waals surface area (Å²) in [5.41, 5.74) is 2.27. The zero-order valence-electron chi connectivity index (χ0n) is 12.7. The van der Waals surface area contributed by atoms with Crippen LogP contribution in [-0.4, -0.2) is 16.1 Å². The molecule has 0 saturated carbocycles. The first kappa shape index (κ1) is 14.6. The highest BCUT2D eigenvalue weighted by molar-refractivity contribution is 7.08. The Morgan fingerprint density at radius 1 is 1.29 bits per heavy atom. The van der Waals surface area contributed by atoms with Crippen LogP contribution in [-0.2, 0) is 11.3 Å². The summed E-state index contributed by atoms with van der Waals surface area (Å²) >= 11 is 1.54. The SMILES string of the molecule is Cc1c(C(=O)OCc2nc(-c3ccsc3)no2)oc2ccccc12. The number of carbonyl (C=O) groups excluding carboxylic acids is 1. The van der Waals surface area contributed by atoms with Crippen LogP contribution in [0.2, 0.25) is 0 Å². The number of fused-ring (bicyclic) bond motifs is 1. The molecule has 0 spiro atoms. The van der Waals surface area contributed by atoms with Crippen LogP contribution in [0, 0.1) is 6.92 Å². The monoisotopic (exact) mass is 340 g/mol. The Morgan fingerprint density at radius 2 is 2.17 bits per heavy atom. The number of furan rings is 1. The van der Waals surface area contributed by atoms with Gasteiger partial charge in [-0.2, -0.15) is 16.3 Å². The molecule has 7 heteroatoms. The number of carbonyl (C=O) groups is 1. The Labute approximate surface area is 140 Å². The molecule has 0 aliphatic heterocycles. The lowest BCUT2D eigenvalue weighted by molar-refractivity contribution is 0.0395. The highest BCUT2D eigenvalue weighted by Crippen LogP contribution is 2.25. The van der Waals surface area contributed by atoms with E-state index in [1.807, 2.05) is 48.0 Å². The molecule has 0 radical (unpaired) electrons. The molecule has 0 saturated heterocycles. The van der Waals surface area contributed by atoms with Gasteiger partial charge in [-0.25, -0.2) is 4.79 Å². The van der Waals surface area contributed by atoms with Gasteiger partial charge < -0.3 is 13.7 Å². The van der Waals surface area contributed by atoms with Crippen molar-refractivity contribution in [1.29, 1.82) is 0 Å². The summed E-state index contributed by atoms with van der Waals surface area (Å²) < 4.78 is 15.9. The van der Waals surface area contributed by atoms with Crippen molar-refractivity contribution in [2.75, 3.05) is 0 Å². The first-order valence-corrected chi connectivity index (χ1v) is 8.17. The number of para-hydroxylation sites is 1. The molecule has 24 heavy (non-hydrogen) atoms. The molecule has 6 nitrogen and oxygen atoms in total. The van der Waals surface area contributed by atoms with Crippen molar-refractivity contribution in [3.8, 4) is 11.4 Å². The van der Waals surface area contributed by atoms with Crippen molar-refractivity contribution in [1.82, 2.24) is 10.1 Å². The van der Waals surface area contributed by atoms with E-state index >= 15 is 0 Å².